The van der Waals surface area contributed by atoms with Gasteiger partial charge in [0, 0.05) is 48.7 Å². The summed E-state index contributed by atoms with van der Waals surface area (Å²) in [5, 5.41) is 35.6. The van der Waals surface area contributed by atoms with Gasteiger partial charge in [0.2, 0.25) is 11.9 Å². The summed E-state index contributed by atoms with van der Waals surface area (Å²) in [5.41, 5.74) is 10.3. The molecule has 0 spiro atoms. The van der Waals surface area contributed by atoms with Gasteiger partial charge in [-0.05, 0) is 39.8 Å². The summed E-state index contributed by atoms with van der Waals surface area (Å²) >= 11 is 0. The molecule has 2 aromatic rings. The van der Waals surface area contributed by atoms with Crippen LogP contribution in [0.25, 0.3) is 0 Å². The van der Waals surface area contributed by atoms with Crippen LogP contribution in [0.1, 0.15) is 27.7 Å². The van der Waals surface area contributed by atoms with Crippen molar-refractivity contribution in [3.63, 3.8) is 0 Å². The molecule has 0 aliphatic rings. The molecule has 0 bridgehead atoms. The third-order valence-electron chi connectivity index (χ3n) is 1.17. The van der Waals surface area contributed by atoms with Crippen molar-refractivity contribution < 1.29 is 78.6 Å². The van der Waals surface area contributed by atoms with Crippen molar-refractivity contribution in [3.05, 3.63) is 36.9 Å². The number of anilines is 2. The molecule has 0 fully saturated rings. The molecule has 14 nitrogen and oxygen atoms in total. The first kappa shape index (κ1) is 42.9. The van der Waals surface area contributed by atoms with E-state index in [0.717, 1.165) is 27.7 Å². The van der Waals surface area contributed by atoms with E-state index in [1.54, 1.807) is 36.9 Å². The molecule has 0 unspecified atom stereocenters. The second-order valence-electron chi connectivity index (χ2n) is 4.18. The number of carboxylic acid groups (broad SMARTS) is 4. The molecular formula is C16H22N6O8Zn2. The van der Waals surface area contributed by atoms with Gasteiger partial charge in [-0.3, -0.25) is 0 Å². The van der Waals surface area contributed by atoms with Crippen molar-refractivity contribution >= 4 is 35.8 Å². The third-order valence-corrected chi connectivity index (χ3v) is 1.17. The Hall–Kier alpha value is -3.11. The maximum absolute atomic E-state index is 8.89. The molecule has 168 valence electrons. The first-order valence-electron chi connectivity index (χ1n) is 7.47. The second kappa shape index (κ2) is 32.5. The zero-order valence-corrected chi connectivity index (χ0v) is 24.0. The molecule has 0 aliphatic heterocycles. The van der Waals surface area contributed by atoms with Gasteiger partial charge in [0.1, 0.15) is 0 Å². The molecule has 0 aliphatic carbocycles. The van der Waals surface area contributed by atoms with Gasteiger partial charge >= 0.3 is 39.0 Å². The first-order chi connectivity index (χ1) is 13.7. The normalized spacial score (nSPS) is 6.88. The molecule has 0 saturated heterocycles. The van der Waals surface area contributed by atoms with Gasteiger partial charge in [-0.25, -0.2) is 19.9 Å². The van der Waals surface area contributed by atoms with Crippen LogP contribution in [0.2, 0.25) is 0 Å². The minimum atomic E-state index is -1.08. The summed E-state index contributed by atoms with van der Waals surface area (Å²) in [6, 6.07) is 3.44. The van der Waals surface area contributed by atoms with Crippen LogP contribution in [0.4, 0.5) is 11.9 Å². The molecule has 2 rings (SSSR count). The Morgan fingerprint density at radius 3 is 0.750 bits per heavy atom. The van der Waals surface area contributed by atoms with Gasteiger partial charge in [-0.2, -0.15) is 0 Å². The number of hydrogen-bond acceptors (Lipinski definition) is 14. The van der Waals surface area contributed by atoms with E-state index in [-0.39, 0.29) is 39.0 Å². The van der Waals surface area contributed by atoms with Crippen LogP contribution < -0.4 is 31.9 Å². The largest absolute Gasteiger partial charge is 2.00 e. The molecule has 0 radical (unpaired) electrons. The summed E-state index contributed by atoms with van der Waals surface area (Å²) in [6.45, 7) is 3.89. The molecular weight excluding hydrogens is 535 g/mol. The van der Waals surface area contributed by atoms with Crippen LogP contribution in [0.3, 0.4) is 0 Å². The standard InChI is InChI=1S/2C4H5N3.4C2H4O2.2Zn/c2*5-4-6-2-1-3-7-4;4*1-2(3)4;;/h2*1-3H,(H2,5,6,7);4*1H3,(H,3,4);;/q;;;;;;2*+2/p-4. The monoisotopic (exact) mass is 554 g/mol. The van der Waals surface area contributed by atoms with Crippen molar-refractivity contribution in [1.82, 2.24) is 19.9 Å². The molecule has 0 saturated carbocycles. The summed E-state index contributed by atoms with van der Waals surface area (Å²) in [7, 11) is 0. The Morgan fingerprint density at radius 1 is 0.562 bits per heavy atom. The minimum Gasteiger partial charge on any atom is -0.550 e. The number of nitrogens with two attached hydrogens (primary N) is 2. The van der Waals surface area contributed by atoms with E-state index >= 15 is 0 Å². The van der Waals surface area contributed by atoms with Crippen molar-refractivity contribution in [1.29, 1.82) is 0 Å². The predicted octanol–water partition coefficient (Wildman–Crippen LogP) is -4.86. The van der Waals surface area contributed by atoms with Crippen LogP contribution in [-0.4, -0.2) is 43.8 Å². The van der Waals surface area contributed by atoms with E-state index < -0.39 is 23.9 Å². The van der Waals surface area contributed by atoms with Gasteiger partial charge in [0.05, 0.1) is 0 Å². The van der Waals surface area contributed by atoms with Gasteiger partial charge in [0.25, 0.3) is 0 Å². The SMILES string of the molecule is CC(=O)[O-].CC(=O)[O-].CC(=O)[O-].CC(=O)[O-].Nc1ncccn1.Nc1ncccn1.[Zn+2].[Zn+2]. The van der Waals surface area contributed by atoms with Gasteiger partial charge in [-0.1, -0.05) is 0 Å². The fraction of sp³-hybridized carbons (Fsp3) is 0.250. The number of rotatable bonds is 0. The van der Waals surface area contributed by atoms with Crippen LogP contribution in [0.15, 0.2) is 36.9 Å². The number of carbonyl (C=O) groups is 4. The van der Waals surface area contributed by atoms with Crippen LogP contribution in [0, 0.1) is 0 Å². The van der Waals surface area contributed by atoms with Crippen LogP contribution in [-0.2, 0) is 58.1 Å². The average Bonchev–Trinajstić information content (AvgIpc) is 2.55. The number of carboxylic acids is 4. The molecule has 32 heavy (non-hydrogen) atoms. The van der Waals surface area contributed by atoms with E-state index in [2.05, 4.69) is 19.9 Å². The predicted molar refractivity (Wildman–Crippen MR) is 95.6 cm³/mol. The van der Waals surface area contributed by atoms with E-state index in [9.17, 15) is 0 Å². The van der Waals surface area contributed by atoms with Crippen molar-refractivity contribution in [2.24, 2.45) is 0 Å². The average molecular weight is 557 g/mol. The summed E-state index contributed by atoms with van der Waals surface area (Å²) < 4.78 is 0. The maximum Gasteiger partial charge on any atom is 2.00 e. The van der Waals surface area contributed by atoms with Crippen molar-refractivity contribution in [2.75, 3.05) is 11.5 Å². The van der Waals surface area contributed by atoms with Gasteiger partial charge in [0.15, 0.2) is 0 Å². The Morgan fingerprint density at radius 2 is 0.688 bits per heavy atom. The second-order valence-corrected chi connectivity index (χ2v) is 4.18. The molecule has 2 heterocycles. The Labute approximate surface area is 210 Å². The maximum atomic E-state index is 8.89. The molecule has 0 atom stereocenters. The number of aromatic nitrogens is 4. The Balaban J connectivity index is -0.0000000643. The first-order valence-corrected chi connectivity index (χ1v) is 7.47. The van der Waals surface area contributed by atoms with E-state index in [4.69, 9.17) is 51.1 Å². The zero-order valence-electron chi connectivity index (χ0n) is 18.1. The number of hydrogen-bond donors (Lipinski definition) is 2. The fourth-order valence-corrected chi connectivity index (χ4v) is 0.621. The quantitative estimate of drug-likeness (QED) is 0.288. The van der Waals surface area contributed by atoms with Gasteiger partial charge < -0.3 is 51.1 Å². The number of carbonyl (C=O) groups excluding carboxylic acids is 4. The van der Waals surface area contributed by atoms with E-state index in [1.165, 1.54) is 0 Å². The van der Waals surface area contributed by atoms with Crippen LogP contribution in [0.5, 0.6) is 0 Å². The van der Waals surface area contributed by atoms with E-state index in [1.807, 2.05) is 0 Å². The summed E-state index contributed by atoms with van der Waals surface area (Å²) in [4.78, 5) is 50.1. The molecule has 16 heteroatoms. The smallest absolute Gasteiger partial charge is 0.550 e. The molecule has 4 N–H and O–H groups in total. The third kappa shape index (κ3) is 108. The minimum absolute atomic E-state index is 0. The molecule has 2 aromatic heterocycles. The Kier molecular flexibility index (Phi) is 43.6. The topological polar surface area (TPSA) is 264 Å². The van der Waals surface area contributed by atoms with E-state index in [0.29, 0.717) is 11.9 Å². The zero-order chi connectivity index (χ0) is 24.5. The van der Waals surface area contributed by atoms with Crippen molar-refractivity contribution in [3.8, 4) is 0 Å². The van der Waals surface area contributed by atoms with Crippen molar-refractivity contribution in [2.45, 2.75) is 27.7 Å². The summed E-state index contributed by atoms with van der Waals surface area (Å²) in [5.74, 6) is -3.69. The Bertz CT molecular complexity index is 611. The molecule has 0 amide bonds. The number of aliphatic carboxylic acids is 4. The number of nitrogen functional groups attached to an aromatic ring is 2. The summed E-state index contributed by atoms with van der Waals surface area (Å²) in [6.07, 6.45) is 6.40. The van der Waals surface area contributed by atoms with Crippen LogP contribution >= 0.6 is 0 Å². The molecule has 0 aromatic carbocycles. The van der Waals surface area contributed by atoms with Gasteiger partial charge in [-0.15, -0.1) is 0 Å². The fourth-order valence-electron chi connectivity index (χ4n) is 0.621. The number of nitrogens with zero attached hydrogens (tertiary/aromatic N) is 4.